The maximum atomic E-state index is 12.6. The summed E-state index contributed by atoms with van der Waals surface area (Å²) in [6, 6.07) is -0.242. The first-order valence-electron chi connectivity index (χ1n) is 7.15. The zero-order chi connectivity index (χ0) is 15.4. The molecule has 3 atom stereocenters. The molecule has 0 spiro atoms. The molecule has 0 aromatic heterocycles. The lowest BCUT2D eigenvalue weighted by Gasteiger charge is -2.42. The second-order valence-corrected chi connectivity index (χ2v) is 6.06. The van der Waals surface area contributed by atoms with Crippen molar-refractivity contribution in [2.45, 2.75) is 45.9 Å². The molecule has 6 heteroatoms. The average Bonchev–Trinajstić information content (AvgIpc) is 2.25. The summed E-state index contributed by atoms with van der Waals surface area (Å²) >= 11 is 0. The molecule has 0 radical (unpaired) electrons. The van der Waals surface area contributed by atoms with Crippen molar-refractivity contribution in [3.05, 3.63) is 0 Å². The Hall–Kier alpha value is -1.14. The number of nitrogens with zero attached hydrogens (tertiary/aromatic N) is 2. The van der Waals surface area contributed by atoms with Crippen molar-refractivity contribution in [1.82, 2.24) is 9.80 Å². The fourth-order valence-electron chi connectivity index (χ4n) is 2.85. The second kappa shape index (κ2) is 7.04. The van der Waals surface area contributed by atoms with Crippen molar-refractivity contribution in [3.8, 4) is 0 Å². The molecular weight excluding hydrogens is 258 g/mol. The Labute approximate surface area is 121 Å². The van der Waals surface area contributed by atoms with E-state index in [9.17, 15) is 9.59 Å². The van der Waals surface area contributed by atoms with Gasteiger partial charge in [0.2, 0.25) is 11.8 Å². The maximum Gasteiger partial charge on any atom is 0.240 e. The van der Waals surface area contributed by atoms with Crippen LogP contribution in [0.3, 0.4) is 0 Å². The quantitative estimate of drug-likeness (QED) is 0.775. The van der Waals surface area contributed by atoms with Gasteiger partial charge in [0.15, 0.2) is 0 Å². The molecule has 1 heterocycles. The Kier molecular flexibility index (Phi) is 5.95. The zero-order valence-electron chi connectivity index (χ0n) is 13.1. The summed E-state index contributed by atoms with van der Waals surface area (Å²) < 4.78 is 5.71. The minimum Gasteiger partial charge on any atom is -0.373 e. The number of hydrogen-bond acceptors (Lipinski definition) is 4. The summed E-state index contributed by atoms with van der Waals surface area (Å²) in [5, 5.41) is 0. The molecule has 0 saturated carbocycles. The van der Waals surface area contributed by atoms with E-state index in [0.29, 0.717) is 0 Å². The fourth-order valence-corrected chi connectivity index (χ4v) is 2.85. The van der Waals surface area contributed by atoms with Gasteiger partial charge in [-0.3, -0.25) is 14.5 Å². The van der Waals surface area contributed by atoms with Gasteiger partial charge in [-0.05, 0) is 19.8 Å². The van der Waals surface area contributed by atoms with E-state index in [1.54, 1.807) is 7.05 Å². The van der Waals surface area contributed by atoms with Gasteiger partial charge in [0.05, 0.1) is 24.8 Å². The standard InChI is InChI=1S/C14H27N3O3/c1-9(2)13(14(19)16(5)8-12(15)18)17-6-10(3)20-11(4)7-17/h9-11,13H,6-8H2,1-5H3,(H2,15,18). The summed E-state index contributed by atoms with van der Waals surface area (Å²) in [5.41, 5.74) is 5.16. The summed E-state index contributed by atoms with van der Waals surface area (Å²) in [7, 11) is 1.62. The molecule has 0 bridgehead atoms. The Bertz CT molecular complexity index is 350. The van der Waals surface area contributed by atoms with Gasteiger partial charge in [0.1, 0.15) is 0 Å². The predicted molar refractivity (Wildman–Crippen MR) is 77.0 cm³/mol. The van der Waals surface area contributed by atoms with Crippen LogP contribution in [0.25, 0.3) is 0 Å². The van der Waals surface area contributed by atoms with Crippen LogP contribution in [-0.4, -0.2) is 66.5 Å². The first-order valence-corrected chi connectivity index (χ1v) is 7.15. The van der Waals surface area contributed by atoms with Crippen LogP contribution in [0.4, 0.5) is 0 Å². The molecule has 6 nitrogen and oxygen atoms in total. The van der Waals surface area contributed by atoms with Gasteiger partial charge in [-0.15, -0.1) is 0 Å². The monoisotopic (exact) mass is 285 g/mol. The molecule has 0 aliphatic carbocycles. The van der Waals surface area contributed by atoms with Gasteiger partial charge in [-0.2, -0.15) is 0 Å². The number of hydrogen-bond donors (Lipinski definition) is 1. The van der Waals surface area contributed by atoms with Crippen LogP contribution in [0.2, 0.25) is 0 Å². The van der Waals surface area contributed by atoms with Crippen LogP contribution in [0.5, 0.6) is 0 Å². The van der Waals surface area contributed by atoms with E-state index in [0.717, 1.165) is 13.1 Å². The number of amides is 2. The van der Waals surface area contributed by atoms with E-state index >= 15 is 0 Å². The fraction of sp³-hybridized carbons (Fsp3) is 0.857. The number of likely N-dealkylation sites (N-methyl/N-ethyl adjacent to an activating group) is 1. The topological polar surface area (TPSA) is 75.9 Å². The minimum atomic E-state index is -0.493. The Balaban J connectivity index is 2.82. The molecule has 0 aromatic carbocycles. The zero-order valence-corrected chi connectivity index (χ0v) is 13.1. The van der Waals surface area contributed by atoms with E-state index in [4.69, 9.17) is 10.5 Å². The molecule has 2 N–H and O–H groups in total. The Morgan fingerprint density at radius 1 is 1.30 bits per heavy atom. The molecule has 0 aromatic rings. The largest absolute Gasteiger partial charge is 0.373 e. The number of carbonyl (C=O) groups excluding carboxylic acids is 2. The van der Waals surface area contributed by atoms with E-state index in [2.05, 4.69) is 4.90 Å². The number of morpholine rings is 1. The first kappa shape index (κ1) is 16.9. The molecule has 1 aliphatic heterocycles. The van der Waals surface area contributed by atoms with Crippen molar-refractivity contribution in [2.24, 2.45) is 11.7 Å². The van der Waals surface area contributed by atoms with Gasteiger partial charge >= 0.3 is 0 Å². The highest BCUT2D eigenvalue weighted by molar-refractivity contribution is 5.86. The molecule has 1 saturated heterocycles. The molecule has 116 valence electrons. The first-order chi connectivity index (χ1) is 9.22. The molecule has 1 fully saturated rings. The van der Waals surface area contributed by atoms with Crippen LogP contribution in [-0.2, 0) is 14.3 Å². The van der Waals surface area contributed by atoms with Crippen LogP contribution in [0.1, 0.15) is 27.7 Å². The van der Waals surface area contributed by atoms with Crippen molar-refractivity contribution >= 4 is 11.8 Å². The third-order valence-corrected chi connectivity index (χ3v) is 3.49. The SMILES string of the molecule is CC1CN(C(C(=O)N(C)CC(N)=O)C(C)C)CC(C)O1. The number of carbonyl (C=O) groups is 2. The molecule has 3 unspecified atom stereocenters. The molecule has 2 amide bonds. The highest BCUT2D eigenvalue weighted by Gasteiger charge is 2.35. The van der Waals surface area contributed by atoms with Crippen LogP contribution >= 0.6 is 0 Å². The second-order valence-electron chi connectivity index (χ2n) is 6.06. The number of rotatable bonds is 5. The van der Waals surface area contributed by atoms with Crippen molar-refractivity contribution in [3.63, 3.8) is 0 Å². The summed E-state index contributed by atoms with van der Waals surface area (Å²) in [4.78, 5) is 27.1. The Morgan fingerprint density at radius 3 is 2.20 bits per heavy atom. The van der Waals surface area contributed by atoms with Crippen LogP contribution in [0, 0.1) is 5.92 Å². The smallest absolute Gasteiger partial charge is 0.240 e. The third-order valence-electron chi connectivity index (χ3n) is 3.49. The molecular formula is C14H27N3O3. The molecule has 1 rings (SSSR count). The predicted octanol–water partition coefficient (Wildman–Crippen LogP) is 0.0639. The van der Waals surface area contributed by atoms with Crippen molar-refractivity contribution in [1.29, 1.82) is 0 Å². The maximum absolute atomic E-state index is 12.6. The summed E-state index contributed by atoms with van der Waals surface area (Å²) in [6.07, 6.45) is 0.212. The minimum absolute atomic E-state index is 0.0441. The van der Waals surface area contributed by atoms with Crippen molar-refractivity contribution in [2.75, 3.05) is 26.7 Å². The van der Waals surface area contributed by atoms with Gasteiger partial charge in [0, 0.05) is 20.1 Å². The average molecular weight is 285 g/mol. The summed E-state index contributed by atoms with van der Waals surface area (Å²) in [6.45, 7) is 9.47. The Morgan fingerprint density at radius 2 is 1.80 bits per heavy atom. The van der Waals surface area contributed by atoms with Gasteiger partial charge in [-0.1, -0.05) is 13.8 Å². The lowest BCUT2D eigenvalue weighted by atomic mass is 9.99. The van der Waals surface area contributed by atoms with Crippen molar-refractivity contribution < 1.29 is 14.3 Å². The van der Waals surface area contributed by atoms with Gasteiger partial charge in [-0.25, -0.2) is 0 Å². The summed E-state index contributed by atoms with van der Waals surface area (Å²) in [5.74, 6) is -0.387. The number of nitrogens with two attached hydrogens (primary N) is 1. The highest BCUT2D eigenvalue weighted by atomic mass is 16.5. The van der Waals surface area contributed by atoms with E-state index in [1.165, 1.54) is 4.90 Å². The third kappa shape index (κ3) is 4.45. The van der Waals surface area contributed by atoms with E-state index in [1.807, 2.05) is 27.7 Å². The van der Waals surface area contributed by atoms with E-state index < -0.39 is 5.91 Å². The normalized spacial score (nSPS) is 25.5. The van der Waals surface area contributed by atoms with Gasteiger partial charge < -0.3 is 15.4 Å². The van der Waals surface area contributed by atoms with Crippen LogP contribution in [0.15, 0.2) is 0 Å². The lowest BCUT2D eigenvalue weighted by molar-refractivity contribution is -0.146. The van der Waals surface area contributed by atoms with Crippen LogP contribution < -0.4 is 5.73 Å². The molecule has 1 aliphatic rings. The highest BCUT2D eigenvalue weighted by Crippen LogP contribution is 2.19. The number of ether oxygens (including phenoxy) is 1. The van der Waals surface area contributed by atoms with E-state index in [-0.39, 0.29) is 36.6 Å². The molecule has 20 heavy (non-hydrogen) atoms. The number of primary amides is 1. The van der Waals surface area contributed by atoms with Gasteiger partial charge in [0.25, 0.3) is 0 Å². The lowest BCUT2D eigenvalue weighted by Crippen LogP contribution is -2.57.